The maximum atomic E-state index is 12.9. The van der Waals surface area contributed by atoms with Gasteiger partial charge in [-0.2, -0.15) is 0 Å². The lowest BCUT2D eigenvalue weighted by Crippen LogP contribution is -2.34. The van der Waals surface area contributed by atoms with Crippen LogP contribution in [-0.4, -0.2) is 29.8 Å². The maximum Gasteiger partial charge on any atom is 0.323 e. The molecule has 1 fully saturated rings. The zero-order chi connectivity index (χ0) is 20.8. The van der Waals surface area contributed by atoms with E-state index in [4.69, 9.17) is 9.47 Å². The first-order valence-electron chi connectivity index (χ1n) is 9.98. The molecule has 1 aliphatic heterocycles. The highest BCUT2D eigenvalue weighted by molar-refractivity contribution is 7.99. The minimum absolute atomic E-state index is 0.0491. The molecule has 1 unspecified atom stereocenters. The van der Waals surface area contributed by atoms with Crippen LogP contribution in [0.25, 0.3) is 0 Å². The highest BCUT2D eigenvalue weighted by atomic mass is 32.2. The van der Waals surface area contributed by atoms with E-state index in [1.807, 2.05) is 90.7 Å². The fourth-order valence-corrected chi connectivity index (χ4v) is 4.55. The molecule has 154 valence electrons. The largest absolute Gasteiger partial charge is 0.494 e. The Morgan fingerprint density at radius 1 is 1.00 bits per heavy atom. The number of amides is 2. The number of para-hydroxylation sites is 1. The van der Waals surface area contributed by atoms with Crippen LogP contribution in [0.4, 0.5) is 10.5 Å². The highest BCUT2D eigenvalue weighted by Crippen LogP contribution is 2.39. The van der Waals surface area contributed by atoms with E-state index in [-0.39, 0.29) is 11.4 Å². The van der Waals surface area contributed by atoms with Crippen molar-refractivity contribution in [3.8, 4) is 17.2 Å². The second-order valence-corrected chi connectivity index (χ2v) is 7.98. The van der Waals surface area contributed by atoms with Gasteiger partial charge in [0.05, 0.1) is 6.61 Å². The first-order chi connectivity index (χ1) is 14.7. The molecule has 0 bridgehead atoms. The van der Waals surface area contributed by atoms with Gasteiger partial charge in [0.1, 0.15) is 22.6 Å². The molecule has 0 saturated carbocycles. The number of rotatable bonds is 6. The summed E-state index contributed by atoms with van der Waals surface area (Å²) in [5.74, 6) is 3.24. The van der Waals surface area contributed by atoms with Gasteiger partial charge in [-0.1, -0.05) is 30.3 Å². The van der Waals surface area contributed by atoms with Crippen LogP contribution in [0.2, 0.25) is 0 Å². The molecule has 3 aromatic carbocycles. The van der Waals surface area contributed by atoms with Crippen molar-refractivity contribution < 1.29 is 14.3 Å². The number of nitrogens with one attached hydrogen (secondary N) is 1. The summed E-state index contributed by atoms with van der Waals surface area (Å²) >= 11 is 1.76. The number of urea groups is 1. The molecule has 4 rings (SSSR count). The van der Waals surface area contributed by atoms with Crippen molar-refractivity contribution in [2.24, 2.45) is 0 Å². The number of anilines is 1. The molecule has 0 spiro atoms. The van der Waals surface area contributed by atoms with Gasteiger partial charge < -0.3 is 19.7 Å². The molecule has 2 amide bonds. The molecular weight excluding hydrogens is 396 g/mol. The Balaban J connectivity index is 1.45. The van der Waals surface area contributed by atoms with Gasteiger partial charge in [0.2, 0.25) is 0 Å². The predicted molar refractivity (Wildman–Crippen MR) is 121 cm³/mol. The van der Waals surface area contributed by atoms with Crippen molar-refractivity contribution in [3.05, 3.63) is 84.4 Å². The van der Waals surface area contributed by atoms with E-state index in [1.54, 1.807) is 11.8 Å². The van der Waals surface area contributed by atoms with Crippen molar-refractivity contribution >= 4 is 23.5 Å². The van der Waals surface area contributed by atoms with E-state index in [1.165, 1.54) is 0 Å². The smallest absolute Gasteiger partial charge is 0.323 e. The molecule has 6 heteroatoms. The molecule has 1 heterocycles. The molecule has 0 aliphatic carbocycles. The molecule has 30 heavy (non-hydrogen) atoms. The minimum Gasteiger partial charge on any atom is -0.494 e. The SMILES string of the molecule is CCOc1ccc(NC(=O)N2CCSC2c2cccc(Oc3ccccc3)c2)cc1. The summed E-state index contributed by atoms with van der Waals surface area (Å²) in [5.41, 5.74) is 1.80. The third-order valence-electron chi connectivity index (χ3n) is 4.69. The molecule has 5 nitrogen and oxygen atoms in total. The monoisotopic (exact) mass is 420 g/mol. The first-order valence-corrected chi connectivity index (χ1v) is 11.0. The standard InChI is InChI=1S/C24H24N2O3S/c1-2-28-20-13-11-19(12-14-20)25-24(27)26-15-16-30-23(26)18-7-6-10-22(17-18)29-21-8-4-3-5-9-21/h3-14,17,23H,2,15-16H2,1H3,(H,25,27). The summed E-state index contributed by atoms with van der Waals surface area (Å²) in [6.07, 6.45) is 0. The number of hydrogen-bond donors (Lipinski definition) is 1. The lowest BCUT2D eigenvalue weighted by Gasteiger charge is -2.25. The zero-order valence-corrected chi connectivity index (χ0v) is 17.6. The number of thioether (sulfide) groups is 1. The summed E-state index contributed by atoms with van der Waals surface area (Å²) in [4.78, 5) is 14.8. The van der Waals surface area contributed by atoms with E-state index in [9.17, 15) is 4.79 Å². The molecule has 1 N–H and O–H groups in total. The Morgan fingerprint density at radius 2 is 1.77 bits per heavy atom. The quantitative estimate of drug-likeness (QED) is 0.519. The number of ether oxygens (including phenoxy) is 2. The summed E-state index contributed by atoms with van der Waals surface area (Å²) in [6, 6.07) is 25.0. The second-order valence-electron chi connectivity index (χ2n) is 6.79. The molecular formula is C24H24N2O3S. The van der Waals surface area contributed by atoms with Crippen LogP contribution < -0.4 is 14.8 Å². The van der Waals surface area contributed by atoms with Gasteiger partial charge >= 0.3 is 6.03 Å². The van der Waals surface area contributed by atoms with E-state index >= 15 is 0 Å². The Morgan fingerprint density at radius 3 is 2.53 bits per heavy atom. The molecule has 1 aliphatic rings. The number of hydrogen-bond acceptors (Lipinski definition) is 4. The van der Waals surface area contributed by atoms with Crippen molar-refractivity contribution in [2.75, 3.05) is 24.2 Å². The summed E-state index contributed by atoms with van der Waals surface area (Å²) < 4.78 is 11.4. The van der Waals surface area contributed by atoms with E-state index in [0.29, 0.717) is 13.2 Å². The predicted octanol–water partition coefficient (Wildman–Crippen LogP) is 6.16. The van der Waals surface area contributed by atoms with E-state index in [2.05, 4.69) is 5.32 Å². The van der Waals surface area contributed by atoms with Gasteiger partial charge in [-0.25, -0.2) is 4.79 Å². The number of benzene rings is 3. The topological polar surface area (TPSA) is 50.8 Å². The van der Waals surface area contributed by atoms with Gasteiger partial charge in [0.25, 0.3) is 0 Å². The fourth-order valence-electron chi connectivity index (χ4n) is 3.31. The van der Waals surface area contributed by atoms with Crippen molar-refractivity contribution in [1.82, 2.24) is 4.90 Å². The van der Waals surface area contributed by atoms with Crippen LogP contribution in [-0.2, 0) is 0 Å². The molecule has 1 saturated heterocycles. The van der Waals surface area contributed by atoms with E-state index < -0.39 is 0 Å². The Bertz CT molecular complexity index is 979. The highest BCUT2D eigenvalue weighted by Gasteiger charge is 2.31. The lowest BCUT2D eigenvalue weighted by atomic mass is 10.2. The Hall–Kier alpha value is -3.12. The van der Waals surface area contributed by atoms with Crippen LogP contribution in [0.3, 0.4) is 0 Å². The number of nitrogens with zero attached hydrogens (tertiary/aromatic N) is 1. The van der Waals surface area contributed by atoms with Crippen LogP contribution >= 0.6 is 11.8 Å². The Kier molecular flexibility index (Phi) is 6.44. The fraction of sp³-hybridized carbons (Fsp3) is 0.208. The summed E-state index contributed by atoms with van der Waals surface area (Å²) in [6.45, 7) is 3.26. The maximum absolute atomic E-state index is 12.9. The second kappa shape index (κ2) is 9.59. The van der Waals surface area contributed by atoms with Crippen molar-refractivity contribution in [1.29, 1.82) is 0 Å². The van der Waals surface area contributed by atoms with Crippen molar-refractivity contribution in [2.45, 2.75) is 12.3 Å². The molecule has 0 radical (unpaired) electrons. The lowest BCUT2D eigenvalue weighted by molar-refractivity contribution is 0.214. The molecule has 0 aromatic heterocycles. The average Bonchev–Trinajstić information content (AvgIpc) is 3.27. The summed E-state index contributed by atoms with van der Waals surface area (Å²) in [7, 11) is 0. The normalized spacial score (nSPS) is 15.6. The van der Waals surface area contributed by atoms with Gasteiger partial charge in [0.15, 0.2) is 0 Å². The molecule has 3 aromatic rings. The van der Waals surface area contributed by atoms with Gasteiger partial charge in [-0.15, -0.1) is 11.8 Å². The average molecular weight is 421 g/mol. The third kappa shape index (κ3) is 4.89. The first kappa shape index (κ1) is 20.2. The zero-order valence-electron chi connectivity index (χ0n) is 16.8. The van der Waals surface area contributed by atoms with Gasteiger partial charge in [-0.05, 0) is 61.0 Å². The number of carbonyl (C=O) groups excluding carboxylic acids is 1. The van der Waals surface area contributed by atoms with Gasteiger partial charge in [-0.3, -0.25) is 0 Å². The van der Waals surface area contributed by atoms with E-state index in [0.717, 1.165) is 34.3 Å². The van der Waals surface area contributed by atoms with Crippen LogP contribution in [0.5, 0.6) is 17.2 Å². The Labute approximate surface area is 181 Å². The van der Waals surface area contributed by atoms with Crippen molar-refractivity contribution in [3.63, 3.8) is 0 Å². The van der Waals surface area contributed by atoms with Gasteiger partial charge in [0, 0.05) is 18.0 Å². The molecule has 1 atom stereocenters. The summed E-state index contributed by atoms with van der Waals surface area (Å²) in [5, 5.41) is 2.95. The number of carbonyl (C=O) groups is 1. The third-order valence-corrected chi connectivity index (χ3v) is 5.95. The van der Waals surface area contributed by atoms with Crippen LogP contribution in [0, 0.1) is 0 Å². The van der Waals surface area contributed by atoms with Crippen LogP contribution in [0.15, 0.2) is 78.9 Å². The minimum atomic E-state index is -0.108. The van der Waals surface area contributed by atoms with Crippen LogP contribution in [0.1, 0.15) is 17.9 Å².